The maximum atomic E-state index is 13.1. The fourth-order valence-electron chi connectivity index (χ4n) is 4.80. The average molecular weight is 398 g/mol. The van der Waals surface area contributed by atoms with Crippen LogP contribution >= 0.6 is 0 Å². The normalized spacial score (nSPS) is 20.9. The van der Waals surface area contributed by atoms with Crippen molar-refractivity contribution in [1.82, 2.24) is 14.9 Å². The van der Waals surface area contributed by atoms with Crippen molar-refractivity contribution in [2.45, 2.75) is 51.6 Å². The molecule has 1 fully saturated rings. The number of hydrogen-bond donors (Lipinski definition) is 0. The van der Waals surface area contributed by atoms with Gasteiger partial charge in [0.2, 0.25) is 5.91 Å². The zero-order chi connectivity index (χ0) is 20.0. The largest absolute Gasteiger partial charge is 0.371 e. The summed E-state index contributed by atoms with van der Waals surface area (Å²) >= 11 is 0. The summed E-state index contributed by atoms with van der Waals surface area (Å²) in [6, 6.07) is 5.42. The van der Waals surface area contributed by atoms with E-state index in [1.54, 1.807) is 6.07 Å². The molecule has 0 radical (unpaired) electrons. The molecule has 1 atom stereocenters. The number of fused-ring (bicyclic) bond motifs is 2. The molecule has 29 heavy (non-hydrogen) atoms. The Bertz CT molecular complexity index is 913. The molecule has 2 aromatic rings. The molecule has 0 spiro atoms. The van der Waals surface area contributed by atoms with Crippen molar-refractivity contribution in [2.75, 3.05) is 18.0 Å². The van der Waals surface area contributed by atoms with Crippen molar-refractivity contribution in [2.24, 2.45) is 5.92 Å². The van der Waals surface area contributed by atoms with Crippen LogP contribution in [-0.2, 0) is 30.7 Å². The van der Waals surface area contributed by atoms with E-state index in [0.29, 0.717) is 31.9 Å². The highest BCUT2D eigenvalue weighted by Gasteiger charge is 2.35. The number of pyridine rings is 2. The Morgan fingerprint density at radius 1 is 1.10 bits per heavy atom. The number of hydrogen-bond acceptors (Lipinski definition) is 4. The number of carbonyl (C=O) groups is 1. The van der Waals surface area contributed by atoms with Crippen LogP contribution in [-0.4, -0.2) is 33.9 Å². The molecule has 4 heterocycles. The van der Waals surface area contributed by atoms with E-state index in [4.69, 9.17) is 4.98 Å². The summed E-state index contributed by atoms with van der Waals surface area (Å²) in [7, 11) is 0. The third kappa shape index (κ3) is 3.47. The molecule has 1 amide bonds. The first kappa shape index (κ1) is 18.5. The van der Waals surface area contributed by atoms with Gasteiger partial charge in [-0.05, 0) is 55.4 Å². The molecule has 5 nitrogen and oxygen atoms in total. The molecule has 152 valence electrons. The molecular formula is C22H24F2N4O. The maximum absolute atomic E-state index is 13.1. The standard InChI is InChI=1S/C22H24F2N4O/c23-21(24)19-10-17(5-7-25-19)27-8-6-15(11-27)22(29)28-12-16-9-14-3-1-2-4-18(14)26-20(16)13-28/h5,7,9-10,15,21H,1-4,6,8,11-13H2/t15-/m1/s1. The van der Waals surface area contributed by atoms with E-state index < -0.39 is 6.43 Å². The average Bonchev–Trinajstić information content (AvgIpc) is 3.38. The van der Waals surface area contributed by atoms with E-state index in [1.165, 1.54) is 41.9 Å². The summed E-state index contributed by atoms with van der Waals surface area (Å²) in [5.74, 6) is 0.0358. The third-order valence-electron chi connectivity index (χ3n) is 6.37. The molecule has 1 aliphatic carbocycles. The van der Waals surface area contributed by atoms with Gasteiger partial charge in [-0.1, -0.05) is 6.07 Å². The van der Waals surface area contributed by atoms with E-state index in [0.717, 1.165) is 25.0 Å². The number of aryl methyl sites for hydroxylation is 2. The van der Waals surface area contributed by atoms with Crippen LogP contribution in [0.2, 0.25) is 0 Å². The number of alkyl halides is 2. The van der Waals surface area contributed by atoms with E-state index in [2.05, 4.69) is 11.1 Å². The first-order valence-corrected chi connectivity index (χ1v) is 10.4. The van der Waals surface area contributed by atoms with Gasteiger partial charge in [0.15, 0.2) is 0 Å². The highest BCUT2D eigenvalue weighted by Crippen LogP contribution is 2.31. The van der Waals surface area contributed by atoms with Crippen molar-refractivity contribution >= 4 is 11.6 Å². The number of nitrogens with zero attached hydrogens (tertiary/aromatic N) is 4. The Morgan fingerprint density at radius 3 is 2.83 bits per heavy atom. The van der Waals surface area contributed by atoms with Crippen LogP contribution in [0.3, 0.4) is 0 Å². The molecule has 1 saturated heterocycles. The molecule has 0 N–H and O–H groups in total. The zero-order valence-corrected chi connectivity index (χ0v) is 16.3. The van der Waals surface area contributed by atoms with Gasteiger partial charge in [-0.15, -0.1) is 0 Å². The quantitative estimate of drug-likeness (QED) is 0.792. The predicted molar refractivity (Wildman–Crippen MR) is 105 cm³/mol. The fraction of sp³-hybridized carbons (Fsp3) is 0.500. The van der Waals surface area contributed by atoms with Gasteiger partial charge in [0.05, 0.1) is 18.2 Å². The maximum Gasteiger partial charge on any atom is 0.280 e. The number of rotatable bonds is 3. The lowest BCUT2D eigenvalue weighted by atomic mass is 9.94. The zero-order valence-electron chi connectivity index (χ0n) is 16.3. The van der Waals surface area contributed by atoms with Crippen LogP contribution < -0.4 is 4.90 Å². The van der Waals surface area contributed by atoms with Crippen molar-refractivity contribution < 1.29 is 13.6 Å². The van der Waals surface area contributed by atoms with Crippen LogP contribution in [0.25, 0.3) is 0 Å². The summed E-state index contributed by atoms with van der Waals surface area (Å²) in [5.41, 5.74) is 5.29. The van der Waals surface area contributed by atoms with E-state index in [-0.39, 0.29) is 17.5 Å². The number of aromatic nitrogens is 2. The lowest BCUT2D eigenvalue weighted by Crippen LogP contribution is -2.33. The molecule has 2 aliphatic heterocycles. The SMILES string of the molecule is O=C([C@@H]1CCN(c2ccnc(C(F)F)c2)C1)N1Cc2cc3c(nc2C1)CCCC3. The summed E-state index contributed by atoms with van der Waals surface area (Å²) < 4.78 is 25.9. The van der Waals surface area contributed by atoms with Crippen LogP contribution in [0, 0.1) is 5.92 Å². The van der Waals surface area contributed by atoms with Gasteiger partial charge in [0.25, 0.3) is 6.43 Å². The van der Waals surface area contributed by atoms with Crippen LogP contribution in [0.1, 0.15) is 53.9 Å². The number of carbonyl (C=O) groups excluding carboxylic acids is 1. The minimum atomic E-state index is -2.59. The molecule has 7 heteroatoms. The summed E-state index contributed by atoms with van der Waals surface area (Å²) in [6.45, 7) is 2.47. The summed E-state index contributed by atoms with van der Waals surface area (Å²) in [6.07, 6.45) is 4.11. The van der Waals surface area contributed by atoms with Crippen molar-refractivity contribution in [1.29, 1.82) is 0 Å². The van der Waals surface area contributed by atoms with E-state index in [9.17, 15) is 13.6 Å². The molecule has 0 saturated carbocycles. The van der Waals surface area contributed by atoms with Gasteiger partial charge in [-0.2, -0.15) is 0 Å². The van der Waals surface area contributed by atoms with E-state index >= 15 is 0 Å². The number of amides is 1. The van der Waals surface area contributed by atoms with Crippen LogP contribution in [0.4, 0.5) is 14.5 Å². The van der Waals surface area contributed by atoms with Gasteiger partial charge in [-0.3, -0.25) is 14.8 Å². The van der Waals surface area contributed by atoms with Crippen molar-refractivity contribution in [3.63, 3.8) is 0 Å². The Balaban J connectivity index is 1.27. The highest BCUT2D eigenvalue weighted by molar-refractivity contribution is 5.81. The summed E-state index contributed by atoms with van der Waals surface area (Å²) in [5, 5.41) is 0. The molecule has 3 aliphatic rings. The minimum absolute atomic E-state index is 0.109. The number of halogens is 2. The second-order valence-electron chi connectivity index (χ2n) is 8.27. The van der Waals surface area contributed by atoms with Gasteiger partial charge < -0.3 is 9.80 Å². The lowest BCUT2D eigenvalue weighted by molar-refractivity contribution is -0.135. The smallest absolute Gasteiger partial charge is 0.280 e. The number of anilines is 1. The second-order valence-corrected chi connectivity index (χ2v) is 8.27. The Morgan fingerprint density at radius 2 is 1.97 bits per heavy atom. The second kappa shape index (κ2) is 7.35. The molecule has 0 bridgehead atoms. The Kier molecular flexibility index (Phi) is 4.68. The van der Waals surface area contributed by atoms with Gasteiger partial charge in [0, 0.05) is 37.2 Å². The minimum Gasteiger partial charge on any atom is -0.371 e. The van der Waals surface area contributed by atoms with Crippen LogP contribution in [0.5, 0.6) is 0 Å². The van der Waals surface area contributed by atoms with Crippen LogP contribution in [0.15, 0.2) is 24.4 Å². The molecule has 0 aromatic carbocycles. The first-order valence-electron chi connectivity index (χ1n) is 10.4. The molecular weight excluding hydrogens is 374 g/mol. The Labute approximate surface area is 168 Å². The van der Waals surface area contributed by atoms with Crippen molar-refractivity contribution in [3.8, 4) is 0 Å². The Hall–Kier alpha value is -2.57. The summed E-state index contributed by atoms with van der Waals surface area (Å²) in [4.78, 5) is 25.6. The lowest BCUT2D eigenvalue weighted by Gasteiger charge is -2.22. The van der Waals surface area contributed by atoms with Gasteiger partial charge in [0.1, 0.15) is 5.69 Å². The molecule has 0 unspecified atom stereocenters. The van der Waals surface area contributed by atoms with Gasteiger partial charge >= 0.3 is 0 Å². The fourth-order valence-corrected chi connectivity index (χ4v) is 4.80. The van der Waals surface area contributed by atoms with E-state index in [1.807, 2.05) is 9.80 Å². The highest BCUT2D eigenvalue weighted by atomic mass is 19.3. The predicted octanol–water partition coefficient (Wildman–Crippen LogP) is 3.66. The molecule has 2 aromatic heterocycles. The third-order valence-corrected chi connectivity index (χ3v) is 6.37. The molecule has 5 rings (SSSR count). The topological polar surface area (TPSA) is 49.3 Å². The van der Waals surface area contributed by atoms with Gasteiger partial charge in [-0.25, -0.2) is 8.78 Å². The van der Waals surface area contributed by atoms with Crippen molar-refractivity contribution in [3.05, 3.63) is 52.6 Å². The first-order chi connectivity index (χ1) is 14.1. The monoisotopic (exact) mass is 398 g/mol.